The number of aliphatic imine (C=N–C) groups is 1. The molecule has 3 N–H and O–H groups in total. The van der Waals surface area contributed by atoms with Crippen LogP contribution in [0.4, 0.5) is 4.39 Å². The maximum Gasteiger partial charge on any atom is 0.191 e. The molecule has 0 spiro atoms. The van der Waals surface area contributed by atoms with E-state index in [-0.39, 0.29) is 37.1 Å². The van der Waals surface area contributed by atoms with Crippen molar-refractivity contribution >= 4 is 41.3 Å². The number of aliphatic hydroxyl groups is 1. The second-order valence-electron chi connectivity index (χ2n) is 5.75. The monoisotopic (exact) mass is 488 g/mol. The fraction of sp³-hybridized carbons (Fsp3) is 0.333. The van der Waals surface area contributed by atoms with E-state index >= 15 is 0 Å². The molecule has 5 nitrogen and oxygen atoms in total. The van der Waals surface area contributed by atoms with E-state index in [1.165, 1.54) is 29.5 Å². The van der Waals surface area contributed by atoms with Crippen LogP contribution in [0.3, 0.4) is 0 Å². The van der Waals surface area contributed by atoms with E-state index in [0.717, 1.165) is 5.56 Å². The average Bonchev–Trinajstić information content (AvgIpc) is 3.14. The number of nitrogens with one attached hydrogen (secondary N) is 2. The Kier molecular flexibility index (Phi) is 8.98. The third-order valence-corrected chi connectivity index (χ3v) is 4.35. The summed E-state index contributed by atoms with van der Waals surface area (Å²) in [5, 5.41) is 29.4. The Balaban J connectivity index is 0.00000338. The number of guanidine groups is 1. The Morgan fingerprint density at radius 2 is 2.15 bits per heavy atom. The number of nitriles is 1. The summed E-state index contributed by atoms with van der Waals surface area (Å²) < 4.78 is 13.8. The van der Waals surface area contributed by atoms with E-state index in [2.05, 4.69) is 15.6 Å². The molecule has 1 aromatic heterocycles. The van der Waals surface area contributed by atoms with E-state index in [9.17, 15) is 9.50 Å². The first-order valence-electron chi connectivity index (χ1n) is 7.92. The van der Waals surface area contributed by atoms with Crippen molar-refractivity contribution in [1.82, 2.24) is 10.6 Å². The molecule has 0 aliphatic rings. The van der Waals surface area contributed by atoms with E-state index in [0.29, 0.717) is 23.6 Å². The van der Waals surface area contributed by atoms with Crippen LogP contribution in [-0.2, 0) is 12.1 Å². The zero-order valence-electron chi connectivity index (χ0n) is 14.6. The quantitative estimate of drug-likeness (QED) is 0.331. The predicted octanol–water partition coefficient (Wildman–Crippen LogP) is 3.34. The van der Waals surface area contributed by atoms with E-state index in [1.54, 1.807) is 6.92 Å². The van der Waals surface area contributed by atoms with Crippen LogP contribution in [0.2, 0.25) is 0 Å². The first-order valence-corrected chi connectivity index (χ1v) is 8.86. The minimum Gasteiger partial charge on any atom is -0.384 e. The third kappa shape index (κ3) is 6.23. The Morgan fingerprint density at radius 3 is 2.77 bits per heavy atom. The second kappa shape index (κ2) is 10.4. The first-order chi connectivity index (χ1) is 12.0. The molecular weight excluding hydrogens is 466 g/mol. The zero-order valence-corrected chi connectivity index (χ0v) is 17.8. The molecule has 1 aromatic carbocycles. The number of hydrogen-bond acceptors (Lipinski definition) is 4. The molecule has 0 bridgehead atoms. The molecule has 2 rings (SSSR count). The topological polar surface area (TPSA) is 80.4 Å². The van der Waals surface area contributed by atoms with Gasteiger partial charge in [-0.2, -0.15) is 16.6 Å². The Labute approximate surface area is 174 Å². The summed E-state index contributed by atoms with van der Waals surface area (Å²) in [5.74, 6) is 0.0728. The van der Waals surface area contributed by atoms with Crippen molar-refractivity contribution in [2.24, 2.45) is 4.99 Å². The van der Waals surface area contributed by atoms with Gasteiger partial charge in [0.1, 0.15) is 11.4 Å². The maximum atomic E-state index is 13.8. The van der Waals surface area contributed by atoms with Gasteiger partial charge in [-0.25, -0.2) is 9.38 Å². The van der Waals surface area contributed by atoms with Gasteiger partial charge in [-0.3, -0.25) is 0 Å². The molecule has 0 aliphatic heterocycles. The van der Waals surface area contributed by atoms with Gasteiger partial charge in [0.2, 0.25) is 0 Å². The van der Waals surface area contributed by atoms with E-state index < -0.39 is 11.4 Å². The minimum absolute atomic E-state index is 0. The van der Waals surface area contributed by atoms with Crippen molar-refractivity contribution < 1.29 is 9.50 Å². The fourth-order valence-corrected chi connectivity index (χ4v) is 2.98. The number of nitrogens with zero attached hydrogens (tertiary/aromatic N) is 2. The SMILES string of the molecule is CCNC(=NCc1cc(C#N)ccc1F)NCC(C)(O)c1ccsc1.I. The molecule has 1 atom stereocenters. The summed E-state index contributed by atoms with van der Waals surface area (Å²) in [5.41, 5.74) is 0.529. The van der Waals surface area contributed by atoms with Gasteiger partial charge in [-0.1, -0.05) is 0 Å². The number of rotatable bonds is 6. The highest BCUT2D eigenvalue weighted by Gasteiger charge is 2.23. The molecule has 1 heterocycles. The van der Waals surface area contributed by atoms with E-state index in [1.807, 2.05) is 29.8 Å². The average molecular weight is 488 g/mol. The Hall–Kier alpha value is -1.70. The van der Waals surface area contributed by atoms with Gasteiger partial charge in [0, 0.05) is 12.1 Å². The van der Waals surface area contributed by atoms with Crippen LogP contribution < -0.4 is 10.6 Å². The summed E-state index contributed by atoms with van der Waals surface area (Å²) in [6.45, 7) is 4.63. The second-order valence-corrected chi connectivity index (χ2v) is 6.53. The van der Waals surface area contributed by atoms with Gasteiger partial charge in [0.05, 0.1) is 24.7 Å². The van der Waals surface area contributed by atoms with Crippen molar-refractivity contribution in [2.75, 3.05) is 13.1 Å². The first kappa shape index (κ1) is 22.3. The number of halogens is 2. The Morgan fingerprint density at radius 1 is 1.38 bits per heavy atom. The molecule has 0 aliphatic carbocycles. The largest absolute Gasteiger partial charge is 0.384 e. The van der Waals surface area contributed by atoms with Gasteiger partial charge in [-0.15, -0.1) is 24.0 Å². The molecule has 8 heteroatoms. The van der Waals surface area contributed by atoms with Crippen LogP contribution in [0.15, 0.2) is 40.0 Å². The molecular formula is C18H22FIN4OS. The summed E-state index contributed by atoms with van der Waals surface area (Å²) in [7, 11) is 0. The lowest BCUT2D eigenvalue weighted by Crippen LogP contribution is -2.44. The molecule has 0 saturated heterocycles. The lowest BCUT2D eigenvalue weighted by atomic mass is 9.99. The van der Waals surface area contributed by atoms with Crippen LogP contribution in [0.25, 0.3) is 0 Å². The van der Waals surface area contributed by atoms with Gasteiger partial charge >= 0.3 is 0 Å². The molecule has 26 heavy (non-hydrogen) atoms. The van der Waals surface area contributed by atoms with Gasteiger partial charge in [-0.05, 0) is 54.4 Å². The van der Waals surface area contributed by atoms with Crippen molar-refractivity contribution in [3.8, 4) is 6.07 Å². The molecule has 0 fully saturated rings. The van der Waals surface area contributed by atoms with Crippen molar-refractivity contribution in [1.29, 1.82) is 5.26 Å². The standard InChI is InChI=1S/C18H21FN4OS.HI/c1-3-21-17(23-12-18(2,24)15-6-7-25-11-15)22-10-14-8-13(9-20)4-5-16(14)19;/h4-8,11,24H,3,10,12H2,1-2H3,(H2,21,22,23);1H. The fourth-order valence-electron chi connectivity index (χ4n) is 2.20. The smallest absolute Gasteiger partial charge is 0.191 e. The van der Waals surface area contributed by atoms with Crippen molar-refractivity contribution in [3.63, 3.8) is 0 Å². The van der Waals surface area contributed by atoms with Gasteiger partial charge in [0.25, 0.3) is 0 Å². The van der Waals surface area contributed by atoms with Crippen LogP contribution in [0, 0.1) is 17.1 Å². The highest BCUT2D eigenvalue weighted by molar-refractivity contribution is 14.0. The highest BCUT2D eigenvalue weighted by atomic mass is 127. The third-order valence-electron chi connectivity index (χ3n) is 3.67. The molecule has 0 amide bonds. The van der Waals surface area contributed by atoms with Crippen LogP contribution in [0.1, 0.15) is 30.5 Å². The van der Waals surface area contributed by atoms with E-state index in [4.69, 9.17) is 5.26 Å². The van der Waals surface area contributed by atoms with Gasteiger partial charge in [0.15, 0.2) is 5.96 Å². The highest BCUT2D eigenvalue weighted by Crippen LogP contribution is 2.22. The normalized spacial score (nSPS) is 13.3. The van der Waals surface area contributed by atoms with Crippen LogP contribution >= 0.6 is 35.3 Å². The summed E-state index contributed by atoms with van der Waals surface area (Å²) in [6.07, 6.45) is 0. The molecule has 2 aromatic rings. The number of benzene rings is 1. The molecule has 0 saturated carbocycles. The summed E-state index contributed by atoms with van der Waals surface area (Å²) in [6, 6.07) is 8.06. The number of thiophene rings is 1. The zero-order chi connectivity index (χ0) is 18.3. The van der Waals surface area contributed by atoms with Gasteiger partial charge < -0.3 is 15.7 Å². The lowest BCUT2D eigenvalue weighted by Gasteiger charge is -2.24. The Bertz CT molecular complexity index is 772. The molecule has 140 valence electrons. The van der Waals surface area contributed by atoms with Crippen LogP contribution in [-0.4, -0.2) is 24.2 Å². The number of hydrogen-bond donors (Lipinski definition) is 3. The predicted molar refractivity (Wildman–Crippen MR) is 113 cm³/mol. The van der Waals surface area contributed by atoms with Crippen molar-refractivity contribution in [2.45, 2.75) is 26.0 Å². The van der Waals surface area contributed by atoms with Crippen molar-refractivity contribution in [3.05, 3.63) is 57.5 Å². The maximum absolute atomic E-state index is 13.8. The summed E-state index contributed by atoms with van der Waals surface area (Å²) >= 11 is 1.52. The summed E-state index contributed by atoms with van der Waals surface area (Å²) in [4.78, 5) is 4.34. The lowest BCUT2D eigenvalue weighted by molar-refractivity contribution is 0.0621. The minimum atomic E-state index is -1.04. The van der Waals surface area contributed by atoms with Crippen LogP contribution in [0.5, 0.6) is 0 Å². The molecule has 1 unspecified atom stereocenters. The molecule has 0 radical (unpaired) electrons.